The molecule has 1 N–H and O–H groups in total. The zero-order valence-corrected chi connectivity index (χ0v) is 13.7. The van der Waals surface area contributed by atoms with Gasteiger partial charge in [-0.25, -0.2) is 0 Å². The molecule has 2 heterocycles. The summed E-state index contributed by atoms with van der Waals surface area (Å²) in [5, 5.41) is 3.49. The average molecular weight is 292 g/mol. The summed E-state index contributed by atoms with van der Waals surface area (Å²) in [6, 6.07) is 0.662. The first kappa shape index (κ1) is 15.3. The number of carbonyl (C=O) groups excluding carboxylic acids is 1. The van der Waals surface area contributed by atoms with Gasteiger partial charge in [0.05, 0.1) is 6.04 Å². The summed E-state index contributed by atoms with van der Waals surface area (Å²) >= 11 is 0. The number of hydrogen-bond acceptors (Lipinski definition) is 2. The third-order valence-corrected chi connectivity index (χ3v) is 6.16. The molecule has 0 bridgehead atoms. The van der Waals surface area contributed by atoms with Crippen molar-refractivity contribution in [2.45, 2.75) is 83.2 Å². The third kappa shape index (κ3) is 3.44. The van der Waals surface area contributed by atoms with Crippen LogP contribution in [0.3, 0.4) is 0 Å². The van der Waals surface area contributed by atoms with E-state index in [2.05, 4.69) is 17.1 Å². The monoisotopic (exact) mass is 292 g/mol. The molecular weight excluding hydrogens is 260 g/mol. The molecule has 3 fully saturated rings. The van der Waals surface area contributed by atoms with Gasteiger partial charge in [0.25, 0.3) is 0 Å². The minimum Gasteiger partial charge on any atom is -0.338 e. The summed E-state index contributed by atoms with van der Waals surface area (Å²) in [5.74, 6) is 1.95. The number of nitrogens with zero attached hydrogens (tertiary/aromatic N) is 1. The maximum Gasteiger partial charge on any atom is 0.239 e. The van der Waals surface area contributed by atoms with Crippen molar-refractivity contribution >= 4 is 5.91 Å². The summed E-state index contributed by atoms with van der Waals surface area (Å²) < 4.78 is 0. The van der Waals surface area contributed by atoms with Crippen LogP contribution >= 0.6 is 0 Å². The quantitative estimate of drug-likeness (QED) is 0.865. The van der Waals surface area contributed by atoms with E-state index >= 15 is 0 Å². The van der Waals surface area contributed by atoms with Crippen molar-refractivity contribution in [2.24, 2.45) is 11.8 Å². The molecule has 3 atom stereocenters. The van der Waals surface area contributed by atoms with Gasteiger partial charge in [0.15, 0.2) is 0 Å². The molecule has 0 aromatic carbocycles. The highest BCUT2D eigenvalue weighted by atomic mass is 16.2. The Morgan fingerprint density at radius 3 is 2.67 bits per heavy atom. The normalized spacial score (nSPS) is 35.1. The SMILES string of the molecule is CCC1CCNC(C(=O)N2CCCC2C2CCCCC2)C1. The maximum atomic E-state index is 13.0. The Morgan fingerprint density at radius 2 is 1.90 bits per heavy atom. The Bertz CT molecular complexity index is 351. The first-order chi connectivity index (χ1) is 10.3. The van der Waals surface area contributed by atoms with E-state index in [4.69, 9.17) is 0 Å². The molecule has 0 aromatic heterocycles. The number of hydrogen-bond donors (Lipinski definition) is 1. The molecule has 21 heavy (non-hydrogen) atoms. The Morgan fingerprint density at radius 1 is 1.10 bits per heavy atom. The fourth-order valence-corrected chi connectivity index (χ4v) is 4.83. The van der Waals surface area contributed by atoms with Crippen LogP contribution in [-0.4, -0.2) is 36.0 Å². The number of nitrogens with one attached hydrogen (secondary N) is 1. The second-order valence-electron chi connectivity index (χ2n) is 7.44. The van der Waals surface area contributed by atoms with Gasteiger partial charge >= 0.3 is 0 Å². The highest BCUT2D eigenvalue weighted by Crippen LogP contribution is 2.35. The first-order valence-electron chi connectivity index (χ1n) is 9.33. The largest absolute Gasteiger partial charge is 0.338 e. The second-order valence-corrected chi connectivity index (χ2v) is 7.44. The highest BCUT2D eigenvalue weighted by Gasteiger charge is 2.38. The molecule has 0 radical (unpaired) electrons. The Kier molecular flexibility index (Phi) is 5.20. The maximum absolute atomic E-state index is 13.0. The van der Waals surface area contributed by atoms with E-state index in [1.54, 1.807) is 0 Å². The summed E-state index contributed by atoms with van der Waals surface area (Å²) in [6.07, 6.45) is 12.9. The topological polar surface area (TPSA) is 32.3 Å². The van der Waals surface area contributed by atoms with Gasteiger partial charge in [-0.1, -0.05) is 32.6 Å². The van der Waals surface area contributed by atoms with Crippen LogP contribution < -0.4 is 5.32 Å². The fourth-order valence-electron chi connectivity index (χ4n) is 4.83. The van der Waals surface area contributed by atoms with Gasteiger partial charge in [-0.2, -0.15) is 0 Å². The Labute approximate surface area is 129 Å². The van der Waals surface area contributed by atoms with Crippen molar-refractivity contribution < 1.29 is 4.79 Å². The number of carbonyl (C=O) groups is 1. The van der Waals surface area contributed by atoms with Crippen LogP contribution in [0, 0.1) is 11.8 Å². The van der Waals surface area contributed by atoms with Gasteiger partial charge in [0.1, 0.15) is 0 Å². The molecule has 3 rings (SSSR count). The van der Waals surface area contributed by atoms with Crippen LogP contribution in [0.1, 0.15) is 71.1 Å². The standard InChI is InChI=1S/C18H32N2O/c1-2-14-10-11-19-16(13-14)18(21)20-12-6-9-17(20)15-7-4-3-5-8-15/h14-17,19H,2-13H2,1H3. The van der Waals surface area contributed by atoms with Crippen molar-refractivity contribution in [3.8, 4) is 0 Å². The fraction of sp³-hybridized carbons (Fsp3) is 0.944. The molecule has 3 heteroatoms. The van der Waals surface area contributed by atoms with Gasteiger partial charge in [0, 0.05) is 12.6 Å². The second kappa shape index (κ2) is 7.13. The summed E-state index contributed by atoms with van der Waals surface area (Å²) in [6.45, 7) is 4.30. The summed E-state index contributed by atoms with van der Waals surface area (Å²) in [5.41, 5.74) is 0. The minimum atomic E-state index is 0.105. The molecule has 2 aliphatic heterocycles. The van der Waals surface area contributed by atoms with Crippen molar-refractivity contribution in [3.63, 3.8) is 0 Å². The Hall–Kier alpha value is -0.570. The van der Waals surface area contributed by atoms with Crippen LogP contribution in [0.4, 0.5) is 0 Å². The third-order valence-electron chi connectivity index (χ3n) is 6.16. The van der Waals surface area contributed by atoms with E-state index in [-0.39, 0.29) is 6.04 Å². The average Bonchev–Trinajstić information content (AvgIpc) is 3.04. The zero-order valence-electron chi connectivity index (χ0n) is 13.7. The van der Waals surface area contributed by atoms with Crippen molar-refractivity contribution in [1.29, 1.82) is 0 Å². The van der Waals surface area contributed by atoms with Crippen LogP contribution in [0.2, 0.25) is 0 Å². The van der Waals surface area contributed by atoms with E-state index in [1.807, 2.05) is 0 Å². The molecule has 2 saturated heterocycles. The molecular formula is C18H32N2O. The molecule has 3 unspecified atom stereocenters. The van der Waals surface area contributed by atoms with Crippen molar-refractivity contribution in [1.82, 2.24) is 10.2 Å². The van der Waals surface area contributed by atoms with Crippen LogP contribution in [0.15, 0.2) is 0 Å². The van der Waals surface area contributed by atoms with E-state index in [1.165, 1.54) is 57.8 Å². The predicted molar refractivity (Wildman–Crippen MR) is 86.1 cm³/mol. The summed E-state index contributed by atoms with van der Waals surface area (Å²) in [7, 11) is 0. The molecule has 3 nitrogen and oxygen atoms in total. The number of likely N-dealkylation sites (tertiary alicyclic amines) is 1. The van der Waals surface area contributed by atoms with Gasteiger partial charge in [-0.05, 0) is 56.9 Å². The van der Waals surface area contributed by atoms with Crippen molar-refractivity contribution in [2.75, 3.05) is 13.1 Å². The molecule has 1 aliphatic carbocycles. The predicted octanol–water partition coefficient (Wildman–Crippen LogP) is 3.34. The van der Waals surface area contributed by atoms with E-state index in [0.717, 1.165) is 31.3 Å². The molecule has 0 aromatic rings. The Balaban J connectivity index is 1.62. The molecule has 1 saturated carbocycles. The molecule has 3 aliphatic rings. The van der Waals surface area contributed by atoms with E-state index < -0.39 is 0 Å². The van der Waals surface area contributed by atoms with Gasteiger partial charge in [-0.15, -0.1) is 0 Å². The minimum absolute atomic E-state index is 0.105. The van der Waals surface area contributed by atoms with E-state index in [0.29, 0.717) is 11.9 Å². The number of amides is 1. The van der Waals surface area contributed by atoms with E-state index in [9.17, 15) is 4.79 Å². The number of rotatable bonds is 3. The smallest absolute Gasteiger partial charge is 0.239 e. The lowest BCUT2D eigenvalue weighted by atomic mass is 9.82. The summed E-state index contributed by atoms with van der Waals surface area (Å²) in [4.78, 5) is 15.2. The number of piperidine rings is 1. The van der Waals surface area contributed by atoms with Gasteiger partial charge < -0.3 is 10.2 Å². The lowest BCUT2D eigenvalue weighted by Gasteiger charge is -2.38. The van der Waals surface area contributed by atoms with Crippen LogP contribution in [0.25, 0.3) is 0 Å². The van der Waals surface area contributed by atoms with Gasteiger partial charge in [-0.3, -0.25) is 4.79 Å². The van der Waals surface area contributed by atoms with Crippen molar-refractivity contribution in [3.05, 3.63) is 0 Å². The molecule has 120 valence electrons. The van der Waals surface area contributed by atoms with Gasteiger partial charge in [0.2, 0.25) is 5.91 Å². The first-order valence-corrected chi connectivity index (χ1v) is 9.33. The van der Waals surface area contributed by atoms with Crippen LogP contribution in [0.5, 0.6) is 0 Å². The molecule has 1 amide bonds. The molecule has 0 spiro atoms. The lowest BCUT2D eigenvalue weighted by Crippen LogP contribution is -2.52. The lowest BCUT2D eigenvalue weighted by molar-refractivity contribution is -0.136. The highest BCUT2D eigenvalue weighted by molar-refractivity contribution is 5.82. The van der Waals surface area contributed by atoms with Crippen LogP contribution in [-0.2, 0) is 4.79 Å². The zero-order chi connectivity index (χ0) is 14.7.